The number of hydrogen-bond donors (Lipinski definition) is 3. The third-order valence-electron chi connectivity index (χ3n) is 3.99. The van der Waals surface area contributed by atoms with Crippen molar-refractivity contribution in [3.63, 3.8) is 0 Å². The van der Waals surface area contributed by atoms with Crippen molar-refractivity contribution in [3.8, 4) is 0 Å². The lowest BCUT2D eigenvalue weighted by Crippen LogP contribution is -2.13. The van der Waals surface area contributed by atoms with Gasteiger partial charge in [-0.25, -0.2) is 9.97 Å². The zero-order chi connectivity index (χ0) is 17.1. The van der Waals surface area contributed by atoms with Crippen molar-refractivity contribution in [2.75, 3.05) is 17.6 Å². The molecule has 0 aliphatic rings. The number of para-hydroxylation sites is 1. The average Bonchev–Trinajstić information content (AvgIpc) is 2.57. The molecule has 0 saturated heterocycles. The molecule has 1 aromatic heterocycles. The largest absolute Gasteiger partial charge is 0.399 e. The molecule has 3 rings (SSSR count). The first-order chi connectivity index (χ1) is 11.6. The van der Waals surface area contributed by atoms with Crippen LogP contribution >= 0.6 is 0 Å². The van der Waals surface area contributed by atoms with Crippen LogP contribution in [0.5, 0.6) is 0 Å². The Labute approximate surface area is 139 Å². The quantitative estimate of drug-likeness (QED) is 0.625. The molecule has 0 bridgehead atoms. The summed E-state index contributed by atoms with van der Waals surface area (Å²) in [6, 6.07) is 11.2. The number of benzene rings is 2. The van der Waals surface area contributed by atoms with Crippen LogP contribution in [0.4, 0.5) is 11.5 Å². The molecule has 0 spiro atoms. The normalized spacial score (nSPS) is 10.7. The highest BCUT2D eigenvalue weighted by molar-refractivity contribution is 6.06. The number of anilines is 2. The van der Waals surface area contributed by atoms with Gasteiger partial charge in [0.15, 0.2) is 0 Å². The number of rotatable bonds is 5. The summed E-state index contributed by atoms with van der Waals surface area (Å²) in [6.45, 7) is 2.76. The van der Waals surface area contributed by atoms with Gasteiger partial charge in [0.05, 0.1) is 11.1 Å². The second-order valence-corrected chi connectivity index (χ2v) is 5.65. The number of hydrogen-bond acceptors (Lipinski definition) is 5. The number of nitrogens with zero attached hydrogens (tertiary/aromatic N) is 2. The van der Waals surface area contributed by atoms with Crippen LogP contribution in [0.2, 0.25) is 0 Å². The molecular weight excluding hydrogens is 302 g/mol. The summed E-state index contributed by atoms with van der Waals surface area (Å²) in [5.74, 6) is 0.185. The zero-order valence-electron chi connectivity index (χ0n) is 13.4. The van der Waals surface area contributed by atoms with Gasteiger partial charge in [0.1, 0.15) is 12.1 Å². The molecule has 3 aromatic rings. The van der Waals surface area contributed by atoms with E-state index in [1.807, 2.05) is 24.3 Å². The molecule has 1 amide bonds. The van der Waals surface area contributed by atoms with E-state index in [0.717, 1.165) is 17.5 Å². The highest BCUT2D eigenvalue weighted by Gasteiger charge is 2.10. The summed E-state index contributed by atoms with van der Waals surface area (Å²) in [5, 5.41) is 4.08. The minimum atomic E-state index is -0.499. The summed E-state index contributed by atoms with van der Waals surface area (Å²) in [4.78, 5) is 20.0. The fourth-order valence-electron chi connectivity index (χ4n) is 2.70. The molecule has 0 fully saturated rings. The number of amides is 1. The van der Waals surface area contributed by atoms with Crippen LogP contribution in [0.3, 0.4) is 0 Å². The maximum atomic E-state index is 11.5. The molecule has 0 atom stereocenters. The summed E-state index contributed by atoms with van der Waals surface area (Å²) in [5.41, 5.74) is 15.4. The molecule has 2 aromatic carbocycles. The van der Waals surface area contributed by atoms with Crippen molar-refractivity contribution >= 4 is 28.3 Å². The number of primary amides is 1. The van der Waals surface area contributed by atoms with E-state index in [9.17, 15) is 4.79 Å². The van der Waals surface area contributed by atoms with E-state index >= 15 is 0 Å². The Balaban J connectivity index is 1.82. The van der Waals surface area contributed by atoms with Gasteiger partial charge < -0.3 is 16.8 Å². The predicted octanol–water partition coefficient (Wildman–Crippen LogP) is 2.27. The molecule has 6 nitrogen and oxygen atoms in total. The molecular formula is C18H19N5O. The highest BCUT2D eigenvalue weighted by Crippen LogP contribution is 2.22. The van der Waals surface area contributed by atoms with Crippen molar-refractivity contribution < 1.29 is 4.79 Å². The van der Waals surface area contributed by atoms with Crippen LogP contribution in [0, 0.1) is 6.92 Å². The zero-order valence-corrected chi connectivity index (χ0v) is 13.4. The molecule has 122 valence electrons. The second-order valence-electron chi connectivity index (χ2n) is 5.65. The molecule has 6 heteroatoms. The van der Waals surface area contributed by atoms with E-state index in [4.69, 9.17) is 11.5 Å². The van der Waals surface area contributed by atoms with Gasteiger partial charge >= 0.3 is 0 Å². The van der Waals surface area contributed by atoms with Crippen LogP contribution in [-0.4, -0.2) is 22.4 Å². The van der Waals surface area contributed by atoms with Gasteiger partial charge in [-0.15, -0.1) is 0 Å². The molecule has 24 heavy (non-hydrogen) atoms. The summed E-state index contributed by atoms with van der Waals surface area (Å²) < 4.78 is 0. The first kappa shape index (κ1) is 15.7. The van der Waals surface area contributed by atoms with Crippen molar-refractivity contribution in [1.29, 1.82) is 0 Å². The van der Waals surface area contributed by atoms with Crippen LogP contribution in [-0.2, 0) is 6.42 Å². The first-order valence-corrected chi connectivity index (χ1v) is 7.68. The Morgan fingerprint density at radius 3 is 2.83 bits per heavy atom. The van der Waals surface area contributed by atoms with Crippen molar-refractivity contribution in [2.24, 2.45) is 5.73 Å². The van der Waals surface area contributed by atoms with Crippen molar-refractivity contribution in [1.82, 2.24) is 9.97 Å². The Morgan fingerprint density at radius 1 is 1.21 bits per heavy atom. The predicted molar refractivity (Wildman–Crippen MR) is 95.8 cm³/mol. The minimum Gasteiger partial charge on any atom is -0.399 e. The van der Waals surface area contributed by atoms with Gasteiger partial charge in [0, 0.05) is 17.6 Å². The Morgan fingerprint density at radius 2 is 2.04 bits per heavy atom. The molecule has 0 unspecified atom stereocenters. The van der Waals surface area contributed by atoms with E-state index in [2.05, 4.69) is 22.2 Å². The number of aromatic nitrogens is 2. The lowest BCUT2D eigenvalue weighted by molar-refractivity contribution is 0.100. The smallest absolute Gasteiger partial charge is 0.250 e. The topological polar surface area (TPSA) is 107 Å². The summed E-state index contributed by atoms with van der Waals surface area (Å²) in [7, 11) is 0. The minimum absolute atomic E-state index is 0.393. The van der Waals surface area contributed by atoms with Gasteiger partial charge in [0.2, 0.25) is 0 Å². The Kier molecular flexibility index (Phi) is 4.29. The molecule has 0 radical (unpaired) electrons. The fourth-order valence-corrected chi connectivity index (χ4v) is 2.70. The lowest BCUT2D eigenvalue weighted by atomic mass is 10.0. The first-order valence-electron chi connectivity index (χ1n) is 7.68. The molecule has 1 heterocycles. The van der Waals surface area contributed by atoms with Crippen molar-refractivity contribution in [2.45, 2.75) is 13.3 Å². The number of nitrogens with one attached hydrogen (secondary N) is 1. The number of nitrogens with two attached hydrogens (primary N) is 2. The van der Waals surface area contributed by atoms with E-state index in [1.54, 1.807) is 12.1 Å². The molecule has 0 aliphatic carbocycles. The SMILES string of the molecule is Cc1ccc(N)cc1CCNc1ncnc2c(C(N)=O)cccc12. The van der Waals surface area contributed by atoms with E-state index in [-0.39, 0.29) is 0 Å². The second kappa shape index (κ2) is 6.54. The lowest BCUT2D eigenvalue weighted by Gasteiger charge is -2.11. The number of nitrogen functional groups attached to an aromatic ring is 1. The van der Waals surface area contributed by atoms with E-state index in [0.29, 0.717) is 23.4 Å². The fraction of sp³-hybridized carbons (Fsp3) is 0.167. The van der Waals surface area contributed by atoms with Crippen LogP contribution < -0.4 is 16.8 Å². The summed E-state index contributed by atoms with van der Waals surface area (Å²) in [6.07, 6.45) is 2.25. The van der Waals surface area contributed by atoms with Crippen LogP contribution in [0.1, 0.15) is 21.5 Å². The van der Waals surface area contributed by atoms with Crippen molar-refractivity contribution in [3.05, 3.63) is 59.4 Å². The van der Waals surface area contributed by atoms with Gasteiger partial charge in [-0.3, -0.25) is 4.79 Å². The Hall–Kier alpha value is -3.15. The van der Waals surface area contributed by atoms with Crippen LogP contribution in [0.15, 0.2) is 42.7 Å². The molecule has 5 N–H and O–H groups in total. The van der Waals surface area contributed by atoms with Gasteiger partial charge in [-0.2, -0.15) is 0 Å². The third-order valence-corrected chi connectivity index (χ3v) is 3.99. The van der Waals surface area contributed by atoms with Crippen LogP contribution in [0.25, 0.3) is 10.9 Å². The number of carbonyl (C=O) groups is 1. The summed E-state index contributed by atoms with van der Waals surface area (Å²) >= 11 is 0. The van der Waals surface area contributed by atoms with E-state index in [1.165, 1.54) is 17.5 Å². The van der Waals surface area contributed by atoms with Gasteiger partial charge in [-0.1, -0.05) is 12.1 Å². The number of carbonyl (C=O) groups excluding carboxylic acids is 1. The third kappa shape index (κ3) is 3.12. The number of fused-ring (bicyclic) bond motifs is 1. The average molecular weight is 321 g/mol. The number of aryl methyl sites for hydroxylation is 1. The maximum absolute atomic E-state index is 11.5. The standard InChI is InChI=1S/C18H19N5O/c1-11-5-6-13(19)9-12(11)7-8-21-18-15-4-2-3-14(17(20)24)16(15)22-10-23-18/h2-6,9-10H,7-8,19H2,1H3,(H2,20,24)(H,21,22,23). The van der Waals surface area contributed by atoms with E-state index < -0.39 is 5.91 Å². The molecule has 0 saturated carbocycles. The molecule has 0 aliphatic heterocycles. The van der Waals surface area contributed by atoms with Gasteiger partial charge in [-0.05, 0) is 48.7 Å². The highest BCUT2D eigenvalue weighted by atomic mass is 16.1. The maximum Gasteiger partial charge on any atom is 0.250 e. The monoisotopic (exact) mass is 321 g/mol. The van der Waals surface area contributed by atoms with Gasteiger partial charge in [0.25, 0.3) is 5.91 Å². The Bertz CT molecular complexity index is 907.